The molecule has 0 saturated carbocycles. The Morgan fingerprint density at radius 2 is 2.26 bits per heavy atom. The van der Waals surface area contributed by atoms with E-state index in [0.29, 0.717) is 23.6 Å². The lowest BCUT2D eigenvalue weighted by Gasteiger charge is -2.12. The Kier molecular flexibility index (Phi) is 4.16. The van der Waals surface area contributed by atoms with Crippen molar-refractivity contribution in [3.05, 3.63) is 22.7 Å². The second-order valence-electron chi connectivity index (χ2n) is 3.90. The van der Waals surface area contributed by atoms with Gasteiger partial charge in [0.05, 0.1) is 11.6 Å². The van der Waals surface area contributed by atoms with Gasteiger partial charge in [-0.3, -0.25) is 9.59 Å². The highest BCUT2D eigenvalue weighted by atomic mass is 79.9. The minimum absolute atomic E-state index is 0.179. The molecule has 0 saturated heterocycles. The lowest BCUT2D eigenvalue weighted by molar-refractivity contribution is -0.121. The second kappa shape index (κ2) is 5.83. The quantitative estimate of drug-likeness (QED) is 0.887. The number of nitrogens with one attached hydrogen (secondary N) is 2. The maximum absolute atomic E-state index is 11.9. The van der Waals surface area contributed by atoms with Crippen molar-refractivity contribution in [1.29, 1.82) is 0 Å². The van der Waals surface area contributed by atoms with Gasteiger partial charge in [-0.05, 0) is 28.1 Å². The number of ether oxygens (including phenoxy) is 1. The summed E-state index contributed by atoms with van der Waals surface area (Å²) in [5.74, 6) is 0.114. The molecule has 100 valence electrons. The zero-order valence-electron chi connectivity index (χ0n) is 10.2. The Morgan fingerprint density at radius 1 is 1.47 bits per heavy atom. The Hall–Kier alpha value is -1.89. The molecule has 1 aromatic carbocycles. The largest absolute Gasteiger partial charge is 0.495 e. The number of hydrogen-bond acceptors (Lipinski definition) is 4. The van der Waals surface area contributed by atoms with Crippen LogP contribution in [0.4, 0.5) is 5.69 Å². The summed E-state index contributed by atoms with van der Waals surface area (Å²) < 4.78 is 5.94. The average Bonchev–Trinajstić information content (AvgIpc) is 2.41. The highest BCUT2D eigenvalue weighted by molar-refractivity contribution is 9.10. The van der Waals surface area contributed by atoms with E-state index in [4.69, 9.17) is 4.74 Å². The third kappa shape index (κ3) is 3.31. The van der Waals surface area contributed by atoms with Crippen molar-refractivity contribution in [3.8, 4) is 5.75 Å². The Morgan fingerprint density at radius 3 is 2.89 bits per heavy atom. The van der Waals surface area contributed by atoms with Gasteiger partial charge >= 0.3 is 0 Å². The lowest BCUT2D eigenvalue weighted by atomic mass is 10.1. The van der Waals surface area contributed by atoms with Gasteiger partial charge < -0.3 is 10.1 Å². The Bertz CT molecular complexity index is 557. The molecule has 0 spiro atoms. The fourth-order valence-electron chi connectivity index (χ4n) is 1.58. The number of carbonyl (C=O) groups is 2. The van der Waals surface area contributed by atoms with Gasteiger partial charge in [-0.1, -0.05) is 0 Å². The molecule has 2 rings (SSSR count). The monoisotopic (exact) mass is 325 g/mol. The predicted octanol–water partition coefficient (Wildman–Crippen LogP) is 1.66. The van der Waals surface area contributed by atoms with Gasteiger partial charge in [0.15, 0.2) is 0 Å². The van der Waals surface area contributed by atoms with E-state index < -0.39 is 0 Å². The van der Waals surface area contributed by atoms with Gasteiger partial charge in [-0.15, -0.1) is 0 Å². The first-order valence-electron chi connectivity index (χ1n) is 5.60. The molecule has 1 aliphatic rings. The molecule has 1 aliphatic heterocycles. The molecular weight excluding hydrogens is 314 g/mol. The number of anilines is 1. The van der Waals surface area contributed by atoms with Gasteiger partial charge in [0.25, 0.3) is 5.91 Å². The van der Waals surface area contributed by atoms with Gasteiger partial charge in [0.2, 0.25) is 5.91 Å². The van der Waals surface area contributed by atoms with Crippen LogP contribution in [0.25, 0.3) is 0 Å². The van der Waals surface area contributed by atoms with Crippen LogP contribution in [-0.4, -0.2) is 24.6 Å². The van der Waals surface area contributed by atoms with Crippen molar-refractivity contribution in [2.24, 2.45) is 5.10 Å². The van der Waals surface area contributed by atoms with E-state index in [1.165, 1.54) is 0 Å². The van der Waals surface area contributed by atoms with E-state index in [-0.39, 0.29) is 18.2 Å². The first-order valence-corrected chi connectivity index (χ1v) is 6.39. The molecule has 0 unspecified atom stereocenters. The molecule has 1 heterocycles. The number of rotatable bonds is 3. The summed E-state index contributed by atoms with van der Waals surface area (Å²) in [6, 6.07) is 5.22. The van der Waals surface area contributed by atoms with Crippen LogP contribution >= 0.6 is 15.9 Å². The van der Waals surface area contributed by atoms with Crippen LogP contribution in [-0.2, 0) is 9.59 Å². The van der Waals surface area contributed by atoms with E-state index in [1.54, 1.807) is 25.3 Å². The average molecular weight is 326 g/mol. The number of nitrogens with zero attached hydrogens (tertiary/aromatic N) is 1. The number of hydrogen-bond donors (Lipinski definition) is 2. The Labute approximate surface area is 118 Å². The zero-order valence-corrected chi connectivity index (χ0v) is 11.8. The molecular formula is C12H12BrN3O3. The van der Waals surface area contributed by atoms with Crippen molar-refractivity contribution < 1.29 is 14.3 Å². The molecule has 0 atom stereocenters. The van der Waals surface area contributed by atoms with E-state index in [0.717, 1.165) is 4.47 Å². The summed E-state index contributed by atoms with van der Waals surface area (Å²) in [6.45, 7) is 0. The predicted molar refractivity (Wildman–Crippen MR) is 74.1 cm³/mol. The van der Waals surface area contributed by atoms with E-state index in [2.05, 4.69) is 31.8 Å². The number of amides is 2. The van der Waals surface area contributed by atoms with Crippen LogP contribution in [0.1, 0.15) is 12.8 Å². The molecule has 6 nitrogen and oxygen atoms in total. The van der Waals surface area contributed by atoms with E-state index in [9.17, 15) is 9.59 Å². The number of hydrazone groups is 1. The zero-order chi connectivity index (χ0) is 13.8. The van der Waals surface area contributed by atoms with Crippen molar-refractivity contribution in [2.45, 2.75) is 12.8 Å². The minimum atomic E-state index is -0.329. The molecule has 0 aromatic heterocycles. The molecule has 0 aliphatic carbocycles. The first kappa shape index (κ1) is 13.5. The number of halogens is 1. The van der Waals surface area contributed by atoms with Crippen molar-refractivity contribution >= 4 is 39.1 Å². The molecule has 0 bridgehead atoms. The molecule has 0 radical (unpaired) electrons. The van der Waals surface area contributed by atoms with Gasteiger partial charge in [0, 0.05) is 24.6 Å². The summed E-state index contributed by atoms with van der Waals surface area (Å²) in [7, 11) is 1.55. The normalized spacial score (nSPS) is 14.4. The SMILES string of the molecule is COc1cc(NC(=O)C2=NNC(=O)CC2)ccc1Br. The fourth-order valence-corrected chi connectivity index (χ4v) is 1.99. The van der Waals surface area contributed by atoms with Crippen LogP contribution in [0.2, 0.25) is 0 Å². The lowest BCUT2D eigenvalue weighted by Crippen LogP contribution is -2.32. The summed E-state index contributed by atoms with van der Waals surface area (Å²) in [6.07, 6.45) is 0.612. The third-order valence-electron chi connectivity index (χ3n) is 2.58. The summed E-state index contributed by atoms with van der Waals surface area (Å²) in [4.78, 5) is 22.9. The summed E-state index contributed by atoms with van der Waals surface area (Å²) in [5.41, 5.74) is 3.19. The van der Waals surface area contributed by atoms with Crippen molar-refractivity contribution in [2.75, 3.05) is 12.4 Å². The number of methoxy groups -OCH3 is 1. The smallest absolute Gasteiger partial charge is 0.271 e. The fraction of sp³-hybridized carbons (Fsp3) is 0.250. The van der Waals surface area contributed by atoms with Gasteiger partial charge in [-0.25, -0.2) is 5.43 Å². The topological polar surface area (TPSA) is 79.8 Å². The van der Waals surface area contributed by atoms with Crippen LogP contribution in [0.3, 0.4) is 0 Å². The van der Waals surface area contributed by atoms with Gasteiger partial charge in [0.1, 0.15) is 11.5 Å². The first-order chi connectivity index (χ1) is 9.10. The molecule has 2 N–H and O–H groups in total. The Balaban J connectivity index is 2.09. The van der Waals surface area contributed by atoms with Crippen LogP contribution in [0, 0.1) is 0 Å². The highest BCUT2D eigenvalue weighted by Gasteiger charge is 2.18. The maximum atomic E-state index is 11.9. The summed E-state index contributed by atoms with van der Waals surface area (Å²) in [5, 5.41) is 6.44. The van der Waals surface area contributed by atoms with Crippen molar-refractivity contribution in [3.63, 3.8) is 0 Å². The third-order valence-corrected chi connectivity index (χ3v) is 3.23. The molecule has 7 heteroatoms. The number of carbonyl (C=O) groups excluding carboxylic acids is 2. The number of benzene rings is 1. The molecule has 2 amide bonds. The van der Waals surface area contributed by atoms with Gasteiger partial charge in [-0.2, -0.15) is 5.10 Å². The van der Waals surface area contributed by atoms with E-state index >= 15 is 0 Å². The van der Waals surface area contributed by atoms with E-state index in [1.807, 2.05) is 0 Å². The van der Waals surface area contributed by atoms with Crippen LogP contribution < -0.4 is 15.5 Å². The molecule has 19 heavy (non-hydrogen) atoms. The molecule has 0 fully saturated rings. The summed E-state index contributed by atoms with van der Waals surface area (Å²) >= 11 is 3.33. The standard InChI is InChI=1S/C12H12BrN3O3/c1-19-10-6-7(2-3-8(10)13)14-12(18)9-4-5-11(17)16-15-9/h2-3,6H,4-5H2,1H3,(H,14,18)(H,16,17). The second-order valence-corrected chi connectivity index (χ2v) is 4.75. The maximum Gasteiger partial charge on any atom is 0.271 e. The van der Waals surface area contributed by atoms with Crippen molar-refractivity contribution in [1.82, 2.24) is 5.43 Å². The molecule has 1 aromatic rings. The van der Waals surface area contributed by atoms with Crippen LogP contribution in [0.15, 0.2) is 27.8 Å². The minimum Gasteiger partial charge on any atom is -0.495 e. The van der Waals surface area contributed by atoms with Crippen LogP contribution in [0.5, 0.6) is 5.75 Å². The highest BCUT2D eigenvalue weighted by Crippen LogP contribution is 2.27.